The number of amides is 1. The summed E-state index contributed by atoms with van der Waals surface area (Å²) in [6.07, 6.45) is 0.412. The van der Waals surface area contributed by atoms with E-state index in [9.17, 15) is 9.59 Å². The zero-order valence-corrected chi connectivity index (χ0v) is 42.4. The van der Waals surface area contributed by atoms with Crippen molar-refractivity contribution in [1.82, 2.24) is 14.2 Å². The normalized spacial score (nSPS) is 18.6. The zero-order chi connectivity index (χ0) is 47.1. The van der Waals surface area contributed by atoms with Crippen LogP contribution in [0.15, 0.2) is 126 Å². The maximum absolute atomic E-state index is 14.3. The Balaban J connectivity index is 1.51. The van der Waals surface area contributed by atoms with Crippen LogP contribution in [0.25, 0.3) is 0 Å². The van der Waals surface area contributed by atoms with Gasteiger partial charge in [0.25, 0.3) is 14.4 Å². The van der Waals surface area contributed by atoms with Crippen molar-refractivity contribution < 1.29 is 32.5 Å². The molecule has 5 atom stereocenters. The van der Waals surface area contributed by atoms with Crippen LogP contribution in [0.5, 0.6) is 11.5 Å². The van der Waals surface area contributed by atoms with E-state index in [1.807, 2.05) is 72.8 Å². The molecule has 0 spiro atoms. The Kier molecular flexibility index (Phi) is 16.6. The molecule has 348 valence electrons. The minimum atomic E-state index is -2.57. The average molecular weight is 941 g/mol. The van der Waals surface area contributed by atoms with Gasteiger partial charge in [-0.15, -0.1) is 11.8 Å². The third-order valence-corrected chi connectivity index (χ3v) is 20.2. The summed E-state index contributed by atoms with van der Waals surface area (Å²) in [5.41, 5.74) is 1.49. The van der Waals surface area contributed by atoms with E-state index in [1.54, 1.807) is 74.2 Å². The van der Waals surface area contributed by atoms with Gasteiger partial charge < -0.3 is 33.0 Å². The van der Waals surface area contributed by atoms with E-state index in [0.717, 1.165) is 28.2 Å². The van der Waals surface area contributed by atoms with Crippen molar-refractivity contribution in [1.29, 1.82) is 0 Å². The summed E-state index contributed by atoms with van der Waals surface area (Å²) < 4.78 is 43.7. The third kappa shape index (κ3) is 11.3. The second-order valence-corrected chi connectivity index (χ2v) is 25.7. The number of thioether (sulfide) groups is 1. The first-order chi connectivity index (χ1) is 30.9. The van der Waals surface area contributed by atoms with Crippen LogP contribution >= 0.6 is 20.3 Å². The lowest BCUT2D eigenvalue weighted by atomic mass is 9.80. The quantitative estimate of drug-likeness (QED) is 0.0484. The molecule has 4 aromatic carbocycles. The molecule has 12 nitrogen and oxygen atoms in total. The van der Waals surface area contributed by atoms with Crippen LogP contribution in [0.4, 0.5) is 5.82 Å². The van der Waals surface area contributed by atoms with E-state index in [1.165, 1.54) is 0 Å². The van der Waals surface area contributed by atoms with Crippen LogP contribution in [0.1, 0.15) is 80.9 Å². The maximum atomic E-state index is 14.3. The lowest BCUT2D eigenvalue weighted by Gasteiger charge is -2.43. The molecule has 1 aliphatic rings. The number of nitrogens with one attached hydrogen (secondary N) is 1. The molecule has 1 amide bonds. The second-order valence-electron chi connectivity index (χ2n) is 18.1. The predicted octanol–water partition coefficient (Wildman–Crippen LogP) is 10.9. The Hall–Kier alpha value is -4.37. The second kappa shape index (κ2) is 21.5. The maximum Gasteiger partial charge on any atom is 0.350 e. The molecule has 5 aromatic rings. The molecule has 15 heteroatoms. The highest BCUT2D eigenvalue weighted by Gasteiger charge is 2.54. The summed E-state index contributed by atoms with van der Waals surface area (Å²) in [6, 6.07) is 36.8. The molecular formula is C50H65N4O8PSSi. The Morgan fingerprint density at radius 2 is 1.31 bits per heavy atom. The van der Waals surface area contributed by atoms with E-state index < -0.39 is 51.0 Å². The molecule has 1 aromatic heterocycles. The number of methoxy groups -OCH3 is 2. The molecule has 65 heavy (non-hydrogen) atoms. The molecule has 1 unspecified atom stereocenters. The summed E-state index contributed by atoms with van der Waals surface area (Å²) in [6.45, 7) is 19.7. The highest BCUT2D eigenvalue weighted by Crippen LogP contribution is 2.55. The van der Waals surface area contributed by atoms with E-state index in [-0.39, 0.29) is 35.5 Å². The highest BCUT2D eigenvalue weighted by molar-refractivity contribution is 8.00. The Morgan fingerprint density at radius 3 is 1.78 bits per heavy atom. The number of carbonyl (C=O) groups excluding carboxylic acids is 1. The van der Waals surface area contributed by atoms with Crippen molar-refractivity contribution in [2.45, 2.75) is 107 Å². The topological polar surface area (TPSA) is 123 Å². The van der Waals surface area contributed by atoms with Crippen molar-refractivity contribution in [3.05, 3.63) is 154 Å². The first-order valence-electron chi connectivity index (χ1n) is 22.0. The van der Waals surface area contributed by atoms with Crippen molar-refractivity contribution in [3.8, 4) is 11.5 Å². The van der Waals surface area contributed by atoms with Crippen LogP contribution in [0, 0.1) is 0 Å². The lowest BCUT2D eigenvalue weighted by Crippen LogP contribution is -2.50. The van der Waals surface area contributed by atoms with E-state index in [0.29, 0.717) is 5.56 Å². The number of ether oxygens (including phenoxy) is 3. The van der Waals surface area contributed by atoms with Crippen molar-refractivity contribution in [3.63, 3.8) is 0 Å². The summed E-state index contributed by atoms with van der Waals surface area (Å²) in [7, 11) is 0.791. The van der Waals surface area contributed by atoms with Gasteiger partial charge in [0.2, 0.25) is 0 Å². The van der Waals surface area contributed by atoms with Crippen molar-refractivity contribution >= 4 is 40.3 Å². The molecule has 0 radical (unpaired) electrons. The standard InChI is InChI=1S/C50H65N4O8PSSi/c1-34(2)54(35(3)4)63(59-10)61-44-42(33-60-50(37-21-17-14-18-22-37,38-23-27-40(57-8)28-24-38)39-25-29-41(58-9)30-26-39)64-47(45(44)62-65(11,12)49(5,6)7)53-32-31-43(52-48(53)56)51-46(55)36-19-15-13-16-20-36/h13-32,34-35,42,44-45,47H,33H2,1-12H3,(H,51,52,55,56)/t42-,44-,45-,47-,63?/m1/s1. The number of anilines is 1. The van der Waals surface area contributed by atoms with Gasteiger partial charge in [-0.2, -0.15) is 4.98 Å². The fourth-order valence-corrected chi connectivity index (χ4v) is 12.5. The van der Waals surface area contributed by atoms with Gasteiger partial charge in [-0.05, 0) is 105 Å². The molecule has 1 fully saturated rings. The molecule has 0 saturated carbocycles. The van der Waals surface area contributed by atoms with Crippen molar-refractivity contribution in [2.24, 2.45) is 0 Å². The smallest absolute Gasteiger partial charge is 0.350 e. The Morgan fingerprint density at radius 1 is 0.785 bits per heavy atom. The summed E-state index contributed by atoms with van der Waals surface area (Å²) in [5.74, 6) is 1.22. The van der Waals surface area contributed by atoms with Gasteiger partial charge in [0.05, 0.1) is 26.1 Å². The number of nitrogens with zero attached hydrogens (tertiary/aromatic N) is 3. The summed E-state index contributed by atoms with van der Waals surface area (Å²) in [4.78, 5) is 31.8. The van der Waals surface area contributed by atoms with Crippen LogP contribution in [-0.4, -0.2) is 85.9 Å². The van der Waals surface area contributed by atoms with Gasteiger partial charge in [0, 0.05) is 31.0 Å². The number of benzene rings is 4. The van der Waals surface area contributed by atoms with Gasteiger partial charge in [-0.25, -0.2) is 9.46 Å². The predicted molar refractivity (Wildman–Crippen MR) is 265 cm³/mol. The number of hydrogen-bond acceptors (Lipinski definition) is 11. The lowest BCUT2D eigenvalue weighted by molar-refractivity contribution is -0.0198. The largest absolute Gasteiger partial charge is 0.497 e. The molecule has 0 bridgehead atoms. The zero-order valence-electron chi connectivity index (χ0n) is 39.7. The first-order valence-corrected chi connectivity index (χ1v) is 27.0. The van der Waals surface area contributed by atoms with Crippen LogP contribution in [-0.2, 0) is 23.8 Å². The van der Waals surface area contributed by atoms with Crippen LogP contribution < -0.4 is 20.5 Å². The van der Waals surface area contributed by atoms with Crippen LogP contribution in [0.2, 0.25) is 18.1 Å². The molecule has 1 aliphatic heterocycles. The minimum absolute atomic E-state index is 0.0988. The number of carbonyl (C=O) groups is 1. The fraction of sp³-hybridized carbons (Fsp3) is 0.420. The number of hydrogen-bond donors (Lipinski definition) is 1. The Bertz CT molecular complexity index is 2310. The average Bonchev–Trinajstić information content (AvgIpc) is 3.61. The fourth-order valence-electron chi connectivity index (χ4n) is 7.84. The van der Waals surface area contributed by atoms with Crippen molar-refractivity contribution in [2.75, 3.05) is 33.3 Å². The van der Waals surface area contributed by atoms with Gasteiger partial charge in [0.1, 0.15) is 40.5 Å². The highest BCUT2D eigenvalue weighted by atomic mass is 32.2. The molecule has 1 saturated heterocycles. The molecule has 2 heterocycles. The van der Waals surface area contributed by atoms with Crippen LogP contribution in [0.3, 0.4) is 0 Å². The summed E-state index contributed by atoms with van der Waals surface area (Å²) >= 11 is 1.56. The first kappa shape index (κ1) is 50.0. The van der Waals surface area contributed by atoms with E-state index >= 15 is 0 Å². The van der Waals surface area contributed by atoms with E-state index in [4.69, 9.17) is 27.7 Å². The third-order valence-electron chi connectivity index (χ3n) is 12.2. The van der Waals surface area contributed by atoms with Gasteiger partial charge in [-0.1, -0.05) is 93.6 Å². The number of aromatic nitrogens is 2. The Labute approximate surface area is 391 Å². The molecular weight excluding hydrogens is 876 g/mol. The van der Waals surface area contributed by atoms with E-state index in [2.05, 4.69) is 88.7 Å². The number of rotatable bonds is 19. The molecule has 6 rings (SSSR count). The minimum Gasteiger partial charge on any atom is -0.497 e. The van der Waals surface area contributed by atoms with Gasteiger partial charge >= 0.3 is 5.69 Å². The summed E-state index contributed by atoms with van der Waals surface area (Å²) in [5, 5.41) is 1.60. The monoisotopic (exact) mass is 940 g/mol. The van der Waals surface area contributed by atoms with Gasteiger partial charge in [-0.3, -0.25) is 9.36 Å². The van der Waals surface area contributed by atoms with Gasteiger partial charge in [0.15, 0.2) is 8.32 Å². The molecule has 1 N–H and O–H groups in total. The molecule has 0 aliphatic carbocycles. The SMILES string of the molecule is COc1ccc(C(OC[C@H]2S[C@@H](n3ccc(NC(=O)c4ccccc4)nc3=O)[C@H](O[Si](C)(C)C(C)(C)C)[C@@H]2OP(OC)N(C(C)C)C(C)C)(c2ccccc2)c2ccc(OC)cc2)cc1.